The lowest BCUT2D eigenvalue weighted by molar-refractivity contribution is -0.133. The first-order valence-electron chi connectivity index (χ1n) is 10.8. The molecule has 0 bridgehead atoms. The zero-order chi connectivity index (χ0) is 22.5. The van der Waals surface area contributed by atoms with Gasteiger partial charge in [0.25, 0.3) is 11.8 Å². The third-order valence-electron chi connectivity index (χ3n) is 5.81. The predicted molar refractivity (Wildman–Crippen MR) is 119 cm³/mol. The summed E-state index contributed by atoms with van der Waals surface area (Å²) in [5, 5.41) is 2.83. The monoisotopic (exact) mass is 437 g/mol. The number of aryl methyl sites for hydroxylation is 1. The average Bonchev–Trinajstić information content (AvgIpc) is 3.08. The fourth-order valence-electron chi connectivity index (χ4n) is 4.05. The molecule has 0 unspecified atom stereocenters. The van der Waals surface area contributed by atoms with Crippen molar-refractivity contribution < 1.29 is 23.9 Å². The third kappa shape index (κ3) is 4.85. The zero-order valence-corrected chi connectivity index (χ0v) is 18.1. The SMILES string of the molecule is COc1ccccc1C(=O)N1CCCN(C(=O)COc2ccc3c(c2)CCC(=O)N3)CC1. The number of amides is 3. The van der Waals surface area contributed by atoms with Gasteiger partial charge in [0.1, 0.15) is 11.5 Å². The van der Waals surface area contributed by atoms with Crippen molar-refractivity contribution in [2.75, 3.05) is 45.2 Å². The highest BCUT2D eigenvalue weighted by Gasteiger charge is 2.25. The normalized spacial score (nSPS) is 16.0. The maximum atomic E-state index is 12.9. The Balaban J connectivity index is 1.32. The van der Waals surface area contributed by atoms with Crippen molar-refractivity contribution in [1.29, 1.82) is 0 Å². The molecule has 0 aliphatic carbocycles. The molecular weight excluding hydrogens is 410 g/mol. The second-order valence-electron chi connectivity index (χ2n) is 7.88. The van der Waals surface area contributed by atoms with Gasteiger partial charge in [-0.15, -0.1) is 0 Å². The van der Waals surface area contributed by atoms with Crippen molar-refractivity contribution in [3.8, 4) is 11.5 Å². The molecule has 2 aromatic rings. The van der Waals surface area contributed by atoms with Crippen LogP contribution >= 0.6 is 0 Å². The van der Waals surface area contributed by atoms with Crippen LogP contribution in [-0.4, -0.2) is 67.4 Å². The van der Waals surface area contributed by atoms with Gasteiger partial charge in [-0.25, -0.2) is 0 Å². The zero-order valence-electron chi connectivity index (χ0n) is 18.1. The molecule has 2 aliphatic heterocycles. The number of benzene rings is 2. The Labute approximate surface area is 187 Å². The van der Waals surface area contributed by atoms with Crippen molar-refractivity contribution in [2.24, 2.45) is 0 Å². The summed E-state index contributed by atoms with van der Waals surface area (Å²) >= 11 is 0. The van der Waals surface area contributed by atoms with Crippen LogP contribution in [-0.2, 0) is 16.0 Å². The van der Waals surface area contributed by atoms with Crippen LogP contribution in [0.2, 0.25) is 0 Å². The number of rotatable bonds is 5. The van der Waals surface area contributed by atoms with Gasteiger partial charge in [0.05, 0.1) is 12.7 Å². The van der Waals surface area contributed by atoms with E-state index in [0.717, 1.165) is 11.3 Å². The van der Waals surface area contributed by atoms with Crippen LogP contribution in [0.5, 0.6) is 11.5 Å². The fourth-order valence-corrected chi connectivity index (χ4v) is 4.05. The Morgan fingerprint density at radius 3 is 2.62 bits per heavy atom. The van der Waals surface area contributed by atoms with E-state index in [9.17, 15) is 14.4 Å². The molecule has 2 heterocycles. The number of anilines is 1. The van der Waals surface area contributed by atoms with Crippen LogP contribution in [0.1, 0.15) is 28.8 Å². The predicted octanol–water partition coefficient (Wildman–Crippen LogP) is 2.33. The van der Waals surface area contributed by atoms with E-state index < -0.39 is 0 Å². The number of carbonyl (C=O) groups is 3. The summed E-state index contributed by atoms with van der Waals surface area (Å²) in [5.41, 5.74) is 2.34. The number of nitrogens with one attached hydrogen (secondary N) is 1. The third-order valence-corrected chi connectivity index (χ3v) is 5.81. The highest BCUT2D eigenvalue weighted by Crippen LogP contribution is 2.27. The van der Waals surface area contributed by atoms with Crippen LogP contribution in [0.25, 0.3) is 0 Å². The van der Waals surface area contributed by atoms with Gasteiger partial charge in [0.2, 0.25) is 5.91 Å². The van der Waals surface area contributed by atoms with Gasteiger partial charge in [-0.1, -0.05) is 12.1 Å². The molecule has 2 aromatic carbocycles. The summed E-state index contributed by atoms with van der Waals surface area (Å²) < 4.78 is 11.0. The first kappa shape index (κ1) is 21.7. The van der Waals surface area contributed by atoms with Crippen molar-refractivity contribution >= 4 is 23.4 Å². The number of ether oxygens (including phenoxy) is 2. The molecule has 0 atom stereocenters. The molecule has 168 valence electrons. The van der Waals surface area contributed by atoms with E-state index in [-0.39, 0.29) is 24.3 Å². The molecule has 8 nitrogen and oxygen atoms in total. The van der Waals surface area contributed by atoms with Gasteiger partial charge in [-0.3, -0.25) is 14.4 Å². The number of para-hydroxylation sites is 1. The van der Waals surface area contributed by atoms with E-state index in [2.05, 4.69) is 5.32 Å². The minimum absolute atomic E-state index is 0.0146. The van der Waals surface area contributed by atoms with E-state index in [4.69, 9.17) is 9.47 Å². The van der Waals surface area contributed by atoms with Crippen molar-refractivity contribution in [3.63, 3.8) is 0 Å². The van der Waals surface area contributed by atoms with Crippen LogP contribution in [0.4, 0.5) is 5.69 Å². The van der Waals surface area contributed by atoms with E-state index in [1.807, 2.05) is 18.2 Å². The second kappa shape index (κ2) is 9.72. The number of hydrogen-bond acceptors (Lipinski definition) is 5. The number of fused-ring (bicyclic) bond motifs is 1. The van der Waals surface area contributed by atoms with Crippen LogP contribution in [0.3, 0.4) is 0 Å². The lowest BCUT2D eigenvalue weighted by Crippen LogP contribution is -2.39. The summed E-state index contributed by atoms with van der Waals surface area (Å²) in [5.74, 6) is 0.973. The molecule has 0 radical (unpaired) electrons. The standard InChI is InChI=1S/C24H27N3O5/c1-31-21-6-3-2-5-19(21)24(30)27-12-4-11-26(13-14-27)23(29)16-32-18-8-9-20-17(15-18)7-10-22(28)25-20/h2-3,5-6,8-9,15H,4,7,10-14,16H2,1H3,(H,25,28). The molecule has 1 fully saturated rings. The van der Waals surface area contributed by atoms with Crippen LogP contribution < -0.4 is 14.8 Å². The molecule has 2 aliphatic rings. The van der Waals surface area contributed by atoms with Crippen molar-refractivity contribution in [3.05, 3.63) is 53.6 Å². The Bertz CT molecular complexity index is 1020. The van der Waals surface area contributed by atoms with Gasteiger partial charge in [-0.2, -0.15) is 0 Å². The smallest absolute Gasteiger partial charge is 0.260 e. The maximum absolute atomic E-state index is 12.9. The maximum Gasteiger partial charge on any atom is 0.260 e. The lowest BCUT2D eigenvalue weighted by Gasteiger charge is -2.23. The van der Waals surface area contributed by atoms with E-state index in [1.165, 1.54) is 0 Å². The fraction of sp³-hybridized carbons (Fsp3) is 0.375. The van der Waals surface area contributed by atoms with Gasteiger partial charge >= 0.3 is 0 Å². The average molecular weight is 437 g/mol. The lowest BCUT2D eigenvalue weighted by atomic mass is 10.0. The number of hydrogen-bond donors (Lipinski definition) is 1. The number of methoxy groups -OCH3 is 1. The van der Waals surface area contributed by atoms with Crippen molar-refractivity contribution in [1.82, 2.24) is 9.80 Å². The molecule has 3 amide bonds. The van der Waals surface area contributed by atoms with Gasteiger partial charge < -0.3 is 24.6 Å². The Hall–Kier alpha value is -3.55. The van der Waals surface area contributed by atoms with Gasteiger partial charge in [0, 0.05) is 38.3 Å². The summed E-state index contributed by atoms with van der Waals surface area (Å²) in [6, 6.07) is 12.6. The minimum Gasteiger partial charge on any atom is -0.496 e. The van der Waals surface area contributed by atoms with Crippen molar-refractivity contribution in [2.45, 2.75) is 19.3 Å². The van der Waals surface area contributed by atoms with Gasteiger partial charge in [-0.05, 0) is 48.7 Å². The second-order valence-corrected chi connectivity index (χ2v) is 7.88. The molecule has 1 saturated heterocycles. The molecule has 0 saturated carbocycles. The highest BCUT2D eigenvalue weighted by molar-refractivity contribution is 5.97. The molecule has 0 aromatic heterocycles. The Morgan fingerprint density at radius 2 is 1.78 bits per heavy atom. The molecule has 32 heavy (non-hydrogen) atoms. The summed E-state index contributed by atoms with van der Waals surface area (Å²) in [4.78, 5) is 40.7. The molecule has 0 spiro atoms. The molecule has 1 N–H and O–H groups in total. The van der Waals surface area contributed by atoms with Crippen LogP contribution in [0, 0.1) is 0 Å². The largest absolute Gasteiger partial charge is 0.496 e. The number of carbonyl (C=O) groups excluding carboxylic acids is 3. The summed E-state index contributed by atoms with van der Waals surface area (Å²) in [6.07, 6.45) is 1.81. The van der Waals surface area contributed by atoms with E-state index >= 15 is 0 Å². The molecular formula is C24H27N3O5. The topological polar surface area (TPSA) is 88.2 Å². The Kier molecular flexibility index (Phi) is 6.58. The van der Waals surface area contributed by atoms with Crippen LogP contribution in [0.15, 0.2) is 42.5 Å². The Morgan fingerprint density at radius 1 is 1.00 bits per heavy atom. The summed E-state index contributed by atoms with van der Waals surface area (Å²) in [7, 11) is 1.55. The quantitative estimate of drug-likeness (QED) is 0.776. The van der Waals surface area contributed by atoms with Gasteiger partial charge in [0.15, 0.2) is 6.61 Å². The van der Waals surface area contributed by atoms with E-state index in [0.29, 0.717) is 62.5 Å². The highest BCUT2D eigenvalue weighted by atomic mass is 16.5. The first-order chi connectivity index (χ1) is 15.5. The summed E-state index contributed by atoms with van der Waals surface area (Å²) in [6.45, 7) is 2.01. The first-order valence-corrected chi connectivity index (χ1v) is 10.8. The minimum atomic E-state index is -0.109. The molecule has 8 heteroatoms. The van der Waals surface area contributed by atoms with E-state index in [1.54, 1.807) is 41.2 Å². The molecule has 4 rings (SSSR count). The number of nitrogens with zero attached hydrogens (tertiary/aromatic N) is 2.